The second-order valence-corrected chi connectivity index (χ2v) is 19.3. The van der Waals surface area contributed by atoms with Crippen LogP contribution in [0, 0.1) is 27.7 Å². The number of hydrogen-bond acceptors (Lipinski definition) is 18. The summed E-state index contributed by atoms with van der Waals surface area (Å²) in [5.41, 5.74) is 10.8. The van der Waals surface area contributed by atoms with Crippen LogP contribution in [-0.4, -0.2) is 169 Å². The zero-order chi connectivity index (χ0) is 57.3. The van der Waals surface area contributed by atoms with Gasteiger partial charge in [0.1, 0.15) is 34.4 Å². The lowest BCUT2D eigenvalue weighted by atomic mass is 10.00. The average Bonchev–Trinajstić information content (AvgIpc) is 4.30. The molecule has 0 aliphatic carbocycles. The van der Waals surface area contributed by atoms with Crippen molar-refractivity contribution in [1.82, 2.24) is 10.3 Å². The van der Waals surface area contributed by atoms with Crippen molar-refractivity contribution < 1.29 is 75.4 Å². The molecule has 6 rings (SSSR count). The first-order valence-corrected chi connectivity index (χ1v) is 28.8. The van der Waals surface area contributed by atoms with Gasteiger partial charge in [-0.1, -0.05) is 71.0 Å². The first-order valence-electron chi connectivity index (χ1n) is 28.8. The van der Waals surface area contributed by atoms with Crippen molar-refractivity contribution in [2.24, 2.45) is 0 Å². The fourth-order valence-corrected chi connectivity index (χ4v) is 8.55. The Morgan fingerprint density at radius 1 is 0.293 bits per heavy atom. The summed E-state index contributed by atoms with van der Waals surface area (Å²) in [6, 6.07) is 33.4. The Kier molecular flexibility index (Phi) is 33.1. The van der Waals surface area contributed by atoms with Crippen molar-refractivity contribution in [1.29, 1.82) is 0 Å². The lowest BCUT2D eigenvalue weighted by Gasteiger charge is -2.14. The maximum Gasteiger partial charge on any atom is 0.137 e. The van der Waals surface area contributed by atoms with E-state index in [9.17, 15) is 0 Å². The highest BCUT2D eigenvalue weighted by molar-refractivity contribution is 5.68. The molecule has 4 aromatic carbocycles. The highest BCUT2D eigenvalue weighted by Crippen LogP contribution is 2.32. The van der Waals surface area contributed by atoms with E-state index in [-0.39, 0.29) is 0 Å². The molecule has 0 aliphatic rings. The third kappa shape index (κ3) is 27.2. The van der Waals surface area contributed by atoms with Crippen molar-refractivity contribution in [3.8, 4) is 33.8 Å². The summed E-state index contributed by atoms with van der Waals surface area (Å²) in [5.74, 6) is 3.52. The first kappa shape index (κ1) is 65.6. The Morgan fingerprint density at radius 2 is 0.549 bits per heavy atom. The Bertz CT molecular complexity index is 2340. The van der Waals surface area contributed by atoms with Gasteiger partial charge in [-0.2, -0.15) is 0 Å². The molecule has 0 N–H and O–H groups in total. The lowest BCUT2D eigenvalue weighted by molar-refractivity contribution is -0.0287. The molecular formula is C64H88N2O16. The van der Waals surface area contributed by atoms with E-state index in [1.54, 1.807) is 0 Å². The molecule has 18 nitrogen and oxygen atoms in total. The Labute approximate surface area is 485 Å². The minimum Gasteiger partial charge on any atom is -0.493 e. The highest BCUT2D eigenvalue weighted by Gasteiger charge is 2.12. The van der Waals surface area contributed by atoms with Crippen molar-refractivity contribution in [2.45, 2.75) is 66.6 Å². The zero-order valence-corrected chi connectivity index (χ0v) is 48.9. The molecule has 0 unspecified atom stereocenters. The smallest absolute Gasteiger partial charge is 0.137 e. The van der Waals surface area contributed by atoms with Crippen LogP contribution in [0.15, 0.2) is 106 Å². The molecule has 450 valence electrons. The van der Waals surface area contributed by atoms with Crippen LogP contribution in [0.5, 0.6) is 11.5 Å². The van der Waals surface area contributed by atoms with Crippen molar-refractivity contribution in [3.63, 3.8) is 0 Å². The largest absolute Gasteiger partial charge is 0.493 e. The van der Waals surface area contributed by atoms with Crippen LogP contribution in [0.4, 0.5) is 0 Å². The lowest BCUT2D eigenvalue weighted by Crippen LogP contribution is -2.15. The molecule has 18 heteroatoms. The van der Waals surface area contributed by atoms with Crippen LogP contribution in [0.1, 0.15) is 58.0 Å². The van der Waals surface area contributed by atoms with E-state index in [0.29, 0.717) is 172 Å². The van der Waals surface area contributed by atoms with Gasteiger partial charge in [0.15, 0.2) is 0 Å². The molecule has 2 aromatic heterocycles. The van der Waals surface area contributed by atoms with E-state index in [0.717, 1.165) is 82.3 Å². The predicted molar refractivity (Wildman–Crippen MR) is 311 cm³/mol. The van der Waals surface area contributed by atoms with Gasteiger partial charge in [-0.25, -0.2) is 0 Å². The summed E-state index contributed by atoms with van der Waals surface area (Å²) in [4.78, 5) is 0. The molecule has 0 aliphatic heterocycles. The summed E-state index contributed by atoms with van der Waals surface area (Å²) in [6.07, 6.45) is 3.11. The summed E-state index contributed by atoms with van der Waals surface area (Å²) >= 11 is 0. The SMILES string of the molecule is Cc1cc(-c2ccccc2)cc(C)c1OCCCc1cc(COCCOCCOCCOCCOCCOCCOCCOCCOCCOCCOCCOCc2cc(CCCOc3c(C)cc(-c4ccccc4)cc3C)on2)no1. The van der Waals surface area contributed by atoms with E-state index in [2.05, 4.69) is 111 Å². The molecule has 0 atom stereocenters. The van der Waals surface area contributed by atoms with Crippen molar-refractivity contribution in [2.75, 3.05) is 159 Å². The molecular weight excluding hydrogens is 1050 g/mol. The van der Waals surface area contributed by atoms with Crippen molar-refractivity contribution in [3.05, 3.63) is 142 Å². The third-order valence-electron chi connectivity index (χ3n) is 12.6. The van der Waals surface area contributed by atoms with E-state index in [4.69, 9.17) is 75.4 Å². The molecule has 6 aromatic rings. The maximum atomic E-state index is 6.16. The minimum atomic E-state index is 0.365. The second kappa shape index (κ2) is 41.4. The number of ether oxygens (including phenoxy) is 14. The first-order chi connectivity index (χ1) is 40.4. The number of nitrogens with zero attached hydrogens (tertiary/aromatic N) is 2. The molecule has 0 saturated heterocycles. The zero-order valence-electron chi connectivity index (χ0n) is 48.9. The summed E-state index contributed by atoms with van der Waals surface area (Å²) in [6.45, 7) is 20.8. The van der Waals surface area contributed by atoms with Crippen LogP contribution < -0.4 is 9.47 Å². The predicted octanol–water partition coefficient (Wildman–Crippen LogP) is 10.2. The Hall–Kier alpha value is -5.58. The van der Waals surface area contributed by atoms with E-state index >= 15 is 0 Å². The van der Waals surface area contributed by atoms with Crippen molar-refractivity contribution >= 4 is 0 Å². The van der Waals surface area contributed by atoms with Gasteiger partial charge < -0.3 is 75.4 Å². The fourth-order valence-electron chi connectivity index (χ4n) is 8.55. The van der Waals surface area contributed by atoms with Gasteiger partial charge in [-0.3, -0.25) is 0 Å². The standard InChI is InChI=1S/C64H88N2O16/c1-51-43-57(55-13-7-5-8-14-55)44-52(2)63(51)79-19-11-17-61-47-59(65-81-61)49-77-41-39-75-37-35-73-33-31-71-29-27-69-25-23-67-21-22-68-24-26-70-28-30-72-32-34-74-36-38-76-40-42-78-50-60-48-62(82-66-60)18-12-20-80-64-53(3)45-58(46-54(64)4)56-15-9-6-10-16-56/h5-10,13-16,43-48H,11-12,17-42,49-50H2,1-4H3. The molecule has 0 saturated carbocycles. The third-order valence-corrected chi connectivity index (χ3v) is 12.6. The molecule has 0 radical (unpaired) electrons. The van der Waals surface area contributed by atoms with Gasteiger partial charge in [-0.15, -0.1) is 0 Å². The topological polar surface area (TPSA) is 181 Å². The number of benzene rings is 4. The quantitative estimate of drug-likeness (QED) is 0.0329. The molecule has 2 heterocycles. The van der Waals surface area contributed by atoms with Crippen LogP contribution in [0.2, 0.25) is 0 Å². The summed E-state index contributed by atoms with van der Waals surface area (Å²) < 4.78 is 90.4. The number of aromatic nitrogens is 2. The van der Waals surface area contributed by atoms with Crippen LogP contribution in [-0.2, 0) is 82.9 Å². The van der Waals surface area contributed by atoms with E-state index < -0.39 is 0 Å². The average molecular weight is 1140 g/mol. The van der Waals surface area contributed by atoms with Crippen LogP contribution >= 0.6 is 0 Å². The van der Waals surface area contributed by atoms with Gasteiger partial charge >= 0.3 is 0 Å². The number of aryl methyl sites for hydroxylation is 6. The van der Waals surface area contributed by atoms with Gasteiger partial charge in [0.05, 0.1) is 172 Å². The number of rotatable bonds is 49. The monoisotopic (exact) mass is 1140 g/mol. The van der Waals surface area contributed by atoms with Gasteiger partial charge in [0.2, 0.25) is 0 Å². The summed E-state index contributed by atoms with van der Waals surface area (Å²) in [5, 5.41) is 8.26. The van der Waals surface area contributed by atoms with Crippen LogP contribution in [0.25, 0.3) is 22.3 Å². The van der Waals surface area contributed by atoms with Gasteiger partial charge in [0.25, 0.3) is 0 Å². The number of hydrogen-bond donors (Lipinski definition) is 0. The molecule has 0 bridgehead atoms. The highest BCUT2D eigenvalue weighted by atomic mass is 16.6. The maximum absolute atomic E-state index is 6.16. The minimum absolute atomic E-state index is 0.365. The Balaban J connectivity index is 0.590. The molecule has 0 spiro atoms. The summed E-state index contributed by atoms with van der Waals surface area (Å²) in [7, 11) is 0. The molecule has 0 amide bonds. The van der Waals surface area contributed by atoms with Gasteiger partial charge in [0, 0.05) is 25.0 Å². The second-order valence-electron chi connectivity index (χ2n) is 19.3. The molecule has 82 heavy (non-hydrogen) atoms. The van der Waals surface area contributed by atoms with Gasteiger partial charge in [-0.05, 0) is 109 Å². The van der Waals surface area contributed by atoms with Crippen LogP contribution in [0.3, 0.4) is 0 Å². The molecule has 0 fully saturated rings. The Morgan fingerprint density at radius 3 is 0.817 bits per heavy atom. The van der Waals surface area contributed by atoms with E-state index in [1.165, 1.54) is 22.3 Å². The normalized spacial score (nSPS) is 11.5. The fraction of sp³-hybridized carbons (Fsp3) is 0.531. The van der Waals surface area contributed by atoms with E-state index in [1.807, 2.05) is 24.3 Å².